The van der Waals surface area contributed by atoms with E-state index < -0.39 is 17.6 Å². The molecule has 0 bridgehead atoms. The third kappa shape index (κ3) is 2.94. The molecule has 4 rings (SSSR count). The summed E-state index contributed by atoms with van der Waals surface area (Å²) < 4.78 is 15.8. The summed E-state index contributed by atoms with van der Waals surface area (Å²) in [7, 11) is 0. The standard InChI is InChI=1S/C21H19FN4O2/c1-12-13(20(23)27)6-4-9-16(12)24-21(28)19-14-7-5-11-17(14)26(25-19)18-10-3-2-8-15(18)22/h2-4,6,8-10H,5,7,11H2,1H3,(H2,23,27)(H,24,28). The van der Waals surface area contributed by atoms with Gasteiger partial charge in [-0.05, 0) is 56.0 Å². The van der Waals surface area contributed by atoms with Crippen LogP contribution in [0, 0.1) is 12.7 Å². The lowest BCUT2D eigenvalue weighted by molar-refractivity contribution is 0.0994. The highest BCUT2D eigenvalue weighted by Crippen LogP contribution is 2.29. The van der Waals surface area contributed by atoms with Crippen molar-refractivity contribution in [3.63, 3.8) is 0 Å². The van der Waals surface area contributed by atoms with Gasteiger partial charge in [-0.2, -0.15) is 5.10 Å². The van der Waals surface area contributed by atoms with E-state index in [1.165, 1.54) is 10.7 Å². The van der Waals surface area contributed by atoms with Crippen molar-refractivity contribution in [2.75, 3.05) is 5.32 Å². The number of nitrogens with one attached hydrogen (secondary N) is 1. The number of hydrogen-bond acceptors (Lipinski definition) is 3. The summed E-state index contributed by atoms with van der Waals surface area (Å²) in [5.74, 6) is -1.34. The molecular formula is C21H19FN4O2. The van der Waals surface area contributed by atoms with Crippen molar-refractivity contribution in [2.24, 2.45) is 5.73 Å². The summed E-state index contributed by atoms with van der Waals surface area (Å²) >= 11 is 0. The van der Waals surface area contributed by atoms with Gasteiger partial charge in [-0.1, -0.05) is 18.2 Å². The normalized spacial score (nSPS) is 12.6. The first-order chi connectivity index (χ1) is 13.5. The number of halogens is 1. The summed E-state index contributed by atoms with van der Waals surface area (Å²) in [5, 5.41) is 7.23. The molecule has 0 aliphatic heterocycles. The number of fused-ring (bicyclic) bond motifs is 1. The van der Waals surface area contributed by atoms with Crippen LogP contribution in [0.1, 0.15) is 44.1 Å². The number of amides is 2. The average molecular weight is 378 g/mol. The molecule has 1 heterocycles. The van der Waals surface area contributed by atoms with Crippen LogP contribution in [-0.4, -0.2) is 21.6 Å². The van der Waals surface area contributed by atoms with Gasteiger partial charge in [0.1, 0.15) is 11.5 Å². The van der Waals surface area contributed by atoms with Crippen molar-refractivity contribution < 1.29 is 14.0 Å². The number of anilines is 1. The van der Waals surface area contributed by atoms with Crippen LogP contribution in [0.5, 0.6) is 0 Å². The quantitative estimate of drug-likeness (QED) is 0.731. The Hall–Kier alpha value is -3.48. The van der Waals surface area contributed by atoms with Crippen LogP contribution in [0.3, 0.4) is 0 Å². The lowest BCUT2D eigenvalue weighted by Gasteiger charge is -2.10. The van der Waals surface area contributed by atoms with Crippen molar-refractivity contribution in [1.29, 1.82) is 0 Å². The number of aromatic nitrogens is 2. The van der Waals surface area contributed by atoms with Gasteiger partial charge in [0.15, 0.2) is 5.69 Å². The van der Waals surface area contributed by atoms with Gasteiger partial charge in [-0.25, -0.2) is 9.07 Å². The molecule has 2 aromatic carbocycles. The number of hydrogen-bond donors (Lipinski definition) is 2. The number of benzene rings is 2. The van der Waals surface area contributed by atoms with Crippen molar-refractivity contribution in [3.05, 3.63) is 76.4 Å². The molecule has 0 atom stereocenters. The summed E-state index contributed by atoms with van der Waals surface area (Å²) in [5.41, 5.74) is 9.11. The third-order valence-electron chi connectivity index (χ3n) is 5.07. The maximum Gasteiger partial charge on any atom is 0.276 e. The summed E-state index contributed by atoms with van der Waals surface area (Å²) in [6.07, 6.45) is 2.34. The van der Waals surface area contributed by atoms with Crippen LogP contribution in [0.4, 0.5) is 10.1 Å². The minimum atomic E-state index is -0.557. The van der Waals surface area contributed by atoms with E-state index in [9.17, 15) is 14.0 Å². The number of nitrogens with zero attached hydrogens (tertiary/aromatic N) is 2. The molecule has 1 aromatic heterocycles. The molecule has 0 spiro atoms. The molecule has 6 nitrogen and oxygen atoms in total. The Labute approximate surface area is 161 Å². The Kier molecular flexibility index (Phi) is 4.43. The molecule has 142 valence electrons. The van der Waals surface area contributed by atoms with E-state index >= 15 is 0 Å². The maximum absolute atomic E-state index is 14.3. The van der Waals surface area contributed by atoms with E-state index in [2.05, 4.69) is 10.4 Å². The van der Waals surface area contributed by atoms with Crippen LogP contribution >= 0.6 is 0 Å². The van der Waals surface area contributed by atoms with Crippen LogP contribution in [0.15, 0.2) is 42.5 Å². The van der Waals surface area contributed by atoms with E-state index in [0.29, 0.717) is 28.9 Å². The fraction of sp³-hybridized carbons (Fsp3) is 0.190. The summed E-state index contributed by atoms with van der Waals surface area (Å²) in [4.78, 5) is 24.5. The highest BCUT2D eigenvalue weighted by molar-refractivity contribution is 6.05. The van der Waals surface area contributed by atoms with E-state index in [1.807, 2.05) is 0 Å². The first kappa shape index (κ1) is 17.9. The first-order valence-corrected chi connectivity index (χ1v) is 9.04. The number of rotatable bonds is 4. The van der Waals surface area contributed by atoms with Gasteiger partial charge in [-0.3, -0.25) is 9.59 Å². The van der Waals surface area contributed by atoms with Gasteiger partial charge in [0, 0.05) is 22.5 Å². The highest BCUT2D eigenvalue weighted by atomic mass is 19.1. The third-order valence-corrected chi connectivity index (χ3v) is 5.07. The van der Waals surface area contributed by atoms with Crippen molar-refractivity contribution >= 4 is 17.5 Å². The lowest BCUT2D eigenvalue weighted by atomic mass is 10.1. The maximum atomic E-state index is 14.3. The SMILES string of the molecule is Cc1c(NC(=O)c2nn(-c3ccccc3F)c3c2CCC3)cccc1C(N)=O. The molecule has 0 saturated carbocycles. The first-order valence-electron chi connectivity index (χ1n) is 9.04. The molecule has 7 heteroatoms. The number of carbonyl (C=O) groups excluding carboxylic acids is 2. The molecule has 0 saturated heterocycles. The Morgan fingerprint density at radius 1 is 1.14 bits per heavy atom. The predicted molar refractivity (Wildman–Crippen MR) is 103 cm³/mol. The van der Waals surface area contributed by atoms with Gasteiger partial charge in [0.05, 0.1) is 0 Å². The summed E-state index contributed by atoms with van der Waals surface area (Å²) in [6.45, 7) is 1.72. The molecule has 3 aromatic rings. The minimum absolute atomic E-state index is 0.277. The number of carbonyl (C=O) groups is 2. The molecule has 3 N–H and O–H groups in total. The van der Waals surface area contributed by atoms with E-state index in [0.717, 1.165) is 24.1 Å². The van der Waals surface area contributed by atoms with Crippen LogP contribution < -0.4 is 11.1 Å². The molecule has 2 amide bonds. The zero-order chi connectivity index (χ0) is 19.8. The number of primary amides is 1. The molecule has 1 aliphatic carbocycles. The van der Waals surface area contributed by atoms with Gasteiger partial charge in [0.2, 0.25) is 5.91 Å². The van der Waals surface area contributed by atoms with E-state index in [1.54, 1.807) is 43.3 Å². The van der Waals surface area contributed by atoms with E-state index in [-0.39, 0.29) is 5.69 Å². The van der Waals surface area contributed by atoms with Gasteiger partial charge in [0.25, 0.3) is 5.91 Å². The Balaban J connectivity index is 1.72. The molecule has 1 aliphatic rings. The van der Waals surface area contributed by atoms with Crippen LogP contribution in [0.25, 0.3) is 5.69 Å². The number of nitrogens with two attached hydrogens (primary N) is 1. The zero-order valence-electron chi connectivity index (χ0n) is 15.3. The topological polar surface area (TPSA) is 90.0 Å². The molecule has 0 radical (unpaired) electrons. The molecule has 0 unspecified atom stereocenters. The second-order valence-electron chi connectivity index (χ2n) is 6.79. The highest BCUT2D eigenvalue weighted by Gasteiger charge is 2.28. The molecular weight excluding hydrogens is 359 g/mol. The van der Waals surface area contributed by atoms with Gasteiger partial charge >= 0.3 is 0 Å². The Morgan fingerprint density at radius 3 is 2.68 bits per heavy atom. The number of para-hydroxylation sites is 1. The lowest BCUT2D eigenvalue weighted by Crippen LogP contribution is -2.18. The monoisotopic (exact) mass is 378 g/mol. The largest absolute Gasteiger partial charge is 0.366 e. The predicted octanol–water partition coefficient (Wildman–Crippen LogP) is 3.16. The Morgan fingerprint density at radius 2 is 1.93 bits per heavy atom. The smallest absolute Gasteiger partial charge is 0.276 e. The van der Waals surface area contributed by atoms with Gasteiger partial charge < -0.3 is 11.1 Å². The summed E-state index contributed by atoms with van der Waals surface area (Å²) in [6, 6.07) is 11.3. The Bertz CT molecular complexity index is 1100. The van der Waals surface area contributed by atoms with Crippen LogP contribution in [-0.2, 0) is 12.8 Å². The second-order valence-corrected chi connectivity index (χ2v) is 6.79. The molecule has 28 heavy (non-hydrogen) atoms. The molecule has 0 fully saturated rings. The van der Waals surface area contributed by atoms with Crippen molar-refractivity contribution in [2.45, 2.75) is 26.2 Å². The minimum Gasteiger partial charge on any atom is -0.366 e. The zero-order valence-corrected chi connectivity index (χ0v) is 15.3. The van der Waals surface area contributed by atoms with E-state index in [4.69, 9.17) is 5.73 Å². The fourth-order valence-corrected chi connectivity index (χ4v) is 3.66. The van der Waals surface area contributed by atoms with Crippen molar-refractivity contribution in [3.8, 4) is 5.69 Å². The van der Waals surface area contributed by atoms with Gasteiger partial charge in [-0.15, -0.1) is 0 Å². The fourth-order valence-electron chi connectivity index (χ4n) is 3.66. The average Bonchev–Trinajstić information content (AvgIpc) is 3.26. The van der Waals surface area contributed by atoms with Crippen LogP contribution in [0.2, 0.25) is 0 Å². The second kappa shape index (κ2) is 6.92. The van der Waals surface area contributed by atoms with Crippen molar-refractivity contribution in [1.82, 2.24) is 9.78 Å².